The number of hydrogen-bond donors (Lipinski definition) is 4. The molecule has 4 N–H and O–H groups in total. The van der Waals surface area contributed by atoms with Gasteiger partial charge in [0.1, 0.15) is 0 Å². The van der Waals surface area contributed by atoms with Gasteiger partial charge < -0.3 is 20.2 Å². The quantitative estimate of drug-likeness (QED) is 0.200. The fourth-order valence-electron chi connectivity index (χ4n) is 6.58. The first-order valence-corrected chi connectivity index (χ1v) is 14.1. The minimum absolute atomic E-state index is 0.0102. The first-order valence-electron chi connectivity index (χ1n) is 14.1. The van der Waals surface area contributed by atoms with Crippen molar-refractivity contribution >= 4 is 62.4 Å². The first-order chi connectivity index (χ1) is 20.0. The minimum Gasteiger partial charge on any atom is -0.481 e. The van der Waals surface area contributed by atoms with Crippen molar-refractivity contribution in [1.82, 2.24) is 9.97 Å². The second-order valence-corrected chi connectivity index (χ2v) is 11.1. The van der Waals surface area contributed by atoms with E-state index < -0.39 is 11.9 Å². The summed E-state index contributed by atoms with van der Waals surface area (Å²) in [4.78, 5) is 30.5. The monoisotopic (exact) mass is 562 g/mol. The van der Waals surface area contributed by atoms with E-state index in [0.29, 0.717) is 12.8 Å². The number of hydrogen-bond acceptors (Lipinski definition) is 2. The third-order valence-corrected chi connectivity index (χ3v) is 8.85. The van der Waals surface area contributed by atoms with Crippen molar-refractivity contribution in [3.05, 3.63) is 88.5 Å². The molecule has 0 atom stereocenters. The van der Waals surface area contributed by atoms with E-state index in [4.69, 9.17) is 0 Å². The zero-order valence-corrected chi connectivity index (χ0v) is 24.3. The van der Waals surface area contributed by atoms with E-state index in [1.165, 1.54) is 0 Å². The number of carbonyl (C=O) groups is 2. The molecule has 0 radical (unpaired) electrons. The summed E-state index contributed by atoms with van der Waals surface area (Å²) >= 11 is 0. The fourth-order valence-corrected chi connectivity index (χ4v) is 6.58. The summed E-state index contributed by atoms with van der Waals surface area (Å²) in [5.74, 6) is -1.72. The number of aryl methyl sites for hydroxylation is 3. The summed E-state index contributed by atoms with van der Waals surface area (Å²) in [6.45, 7) is 16.5. The van der Waals surface area contributed by atoms with E-state index in [1.807, 2.05) is 26.0 Å². The van der Waals surface area contributed by atoms with Gasteiger partial charge in [0, 0.05) is 75.9 Å². The van der Waals surface area contributed by atoms with Crippen molar-refractivity contribution in [2.45, 2.75) is 53.4 Å². The zero-order chi connectivity index (χ0) is 30.0. The smallest absolute Gasteiger partial charge is 0.303 e. The number of aliphatic carboxylic acids is 2. The number of nitrogens with zero attached hydrogens (tertiary/aromatic N) is 2. The molecule has 2 aliphatic heterocycles. The molecule has 0 unspecified atom stereocenters. The highest BCUT2D eigenvalue weighted by molar-refractivity contribution is 5.96. The Morgan fingerprint density at radius 1 is 0.714 bits per heavy atom. The van der Waals surface area contributed by atoms with E-state index in [0.717, 1.165) is 89.4 Å². The number of carboxylic acid groups (broad SMARTS) is 2. The lowest BCUT2D eigenvalue weighted by Crippen LogP contribution is -2.57. The van der Waals surface area contributed by atoms with Gasteiger partial charge in [0.25, 0.3) is 22.8 Å². The van der Waals surface area contributed by atoms with E-state index in [1.54, 1.807) is 0 Å². The number of nitrogens with one attached hydrogen (secondary N) is 2. The summed E-state index contributed by atoms with van der Waals surface area (Å²) in [5, 5.41) is 19.1. The topological polar surface area (TPSA) is 114 Å². The largest absolute Gasteiger partial charge is 0.481 e. The minimum atomic E-state index is -0.863. The van der Waals surface area contributed by atoms with Crippen LogP contribution >= 0.6 is 0 Å². The fraction of sp³-hybridized carbons (Fsp3) is 0.235. The van der Waals surface area contributed by atoms with Gasteiger partial charge in [-0.2, -0.15) is 0 Å². The molecule has 42 heavy (non-hydrogen) atoms. The Morgan fingerprint density at radius 3 is 1.93 bits per heavy atom. The van der Waals surface area contributed by atoms with Crippen LogP contribution in [0.25, 0.3) is 50.4 Å². The molecular formula is C34H34N4O4+2. The number of H-pyrrole nitrogens is 2. The molecule has 0 saturated heterocycles. The molecule has 8 nitrogen and oxygen atoms in total. The molecule has 4 bridgehead atoms. The van der Waals surface area contributed by atoms with E-state index >= 15 is 0 Å². The molecule has 2 aliphatic rings. The second-order valence-electron chi connectivity index (χ2n) is 11.1. The van der Waals surface area contributed by atoms with Crippen molar-refractivity contribution in [3.63, 3.8) is 0 Å². The second kappa shape index (κ2) is 9.83. The zero-order valence-electron chi connectivity index (χ0n) is 24.3. The van der Waals surface area contributed by atoms with Crippen molar-refractivity contribution in [2.75, 3.05) is 0 Å². The molecule has 0 fully saturated rings. The third kappa shape index (κ3) is 3.97. The predicted octanol–water partition coefficient (Wildman–Crippen LogP) is 5.91. The average molecular weight is 563 g/mol. The lowest BCUT2D eigenvalue weighted by atomic mass is 10.0. The van der Waals surface area contributed by atoms with Gasteiger partial charge in [-0.15, -0.1) is 0 Å². The maximum Gasteiger partial charge on any atom is 0.303 e. The number of allylic oxidation sites excluding steroid dienone is 5. The molecule has 4 aromatic heterocycles. The van der Waals surface area contributed by atoms with Gasteiger partial charge in [0.15, 0.2) is 0 Å². The Kier molecular flexibility index (Phi) is 6.37. The molecule has 0 amide bonds. The summed E-state index contributed by atoms with van der Waals surface area (Å²) < 4.78 is 4.38. The molecule has 0 aromatic carbocycles. The lowest BCUT2D eigenvalue weighted by molar-refractivity contribution is -1.13. The Bertz CT molecular complexity index is 2070. The normalized spacial score (nSPS) is 13.5. The number of fused-ring (bicyclic) bond motifs is 4. The highest BCUT2D eigenvalue weighted by atomic mass is 16.4. The average Bonchev–Trinajstić information content (AvgIpc) is 3.59. The maximum absolute atomic E-state index is 11.8. The summed E-state index contributed by atoms with van der Waals surface area (Å²) in [6.07, 6.45) is 4.47. The molecular weight excluding hydrogens is 528 g/mol. The highest BCUT2D eigenvalue weighted by Gasteiger charge is 2.41. The van der Waals surface area contributed by atoms with Crippen LogP contribution in [0.3, 0.4) is 0 Å². The Morgan fingerprint density at radius 2 is 1.26 bits per heavy atom. The van der Waals surface area contributed by atoms with Gasteiger partial charge in [-0.1, -0.05) is 25.3 Å². The summed E-state index contributed by atoms with van der Waals surface area (Å²) in [7, 11) is 0. The molecule has 0 saturated carbocycles. The Balaban J connectivity index is 1.90. The van der Waals surface area contributed by atoms with Crippen LogP contribution in [-0.4, -0.2) is 32.1 Å². The van der Waals surface area contributed by atoms with E-state index in [9.17, 15) is 19.8 Å². The molecule has 0 spiro atoms. The van der Waals surface area contributed by atoms with Crippen LogP contribution in [0.1, 0.15) is 78.1 Å². The number of rotatable bonds is 8. The van der Waals surface area contributed by atoms with Crippen LogP contribution in [0.5, 0.6) is 0 Å². The molecule has 6 rings (SSSR count). The number of aromatic amines is 2. The maximum atomic E-state index is 11.8. The van der Waals surface area contributed by atoms with Crippen LogP contribution in [0.4, 0.5) is 0 Å². The Labute approximate surface area is 243 Å². The first kappa shape index (κ1) is 27.2. The van der Waals surface area contributed by atoms with Crippen molar-refractivity contribution < 1.29 is 28.8 Å². The van der Waals surface area contributed by atoms with Gasteiger partial charge in [0.2, 0.25) is 0 Å². The van der Waals surface area contributed by atoms with Gasteiger partial charge in [-0.3, -0.25) is 9.59 Å². The number of carboxylic acids is 2. The molecule has 8 heteroatoms. The summed E-state index contributed by atoms with van der Waals surface area (Å²) in [5.41, 5.74) is 15.3. The van der Waals surface area contributed by atoms with Gasteiger partial charge in [-0.05, 0) is 57.2 Å². The SMILES string of the molecule is C=CC1=C(C)c2cc3[nH]c(cc4[n+]5c(cc6[nH]c(cc1[n+]25)c(C)c6CCC(=O)O)C(CCC(=O)O)=C4C)c(C)c3C=C. The van der Waals surface area contributed by atoms with Gasteiger partial charge in [0.05, 0.1) is 20.1 Å². The molecule has 6 heterocycles. The lowest BCUT2D eigenvalue weighted by Gasteiger charge is -2.00. The summed E-state index contributed by atoms with van der Waals surface area (Å²) in [6, 6.07) is 8.45. The van der Waals surface area contributed by atoms with E-state index in [-0.39, 0.29) is 12.8 Å². The van der Waals surface area contributed by atoms with Gasteiger partial charge in [-0.25, -0.2) is 0 Å². The van der Waals surface area contributed by atoms with Crippen LogP contribution in [0.15, 0.2) is 43.5 Å². The van der Waals surface area contributed by atoms with Crippen molar-refractivity contribution in [2.24, 2.45) is 0 Å². The van der Waals surface area contributed by atoms with E-state index in [2.05, 4.69) is 70.3 Å². The van der Waals surface area contributed by atoms with Crippen LogP contribution < -0.4 is 9.03 Å². The molecule has 212 valence electrons. The van der Waals surface area contributed by atoms with Crippen LogP contribution in [0, 0.1) is 13.8 Å². The third-order valence-electron chi connectivity index (χ3n) is 8.85. The van der Waals surface area contributed by atoms with Gasteiger partial charge >= 0.3 is 11.9 Å². The predicted molar refractivity (Wildman–Crippen MR) is 164 cm³/mol. The van der Waals surface area contributed by atoms with Crippen LogP contribution in [-0.2, 0) is 16.0 Å². The standard InChI is InChI=1S/C34H32N4O4/c1-7-21-17(3)25-13-29-20(6)24(10-12-34(41)42)32-16-28-23(9-11-33(39)40)18(4)26(36-28)14-31-22(8-2)19(5)30(15-27(21)35-25)37(31)38(29)32/h7-8,13-16,35-36H,1-2,9-12H2,3-6H3/p+2. The highest BCUT2D eigenvalue weighted by Crippen LogP contribution is 2.36. The van der Waals surface area contributed by atoms with Crippen molar-refractivity contribution in [3.8, 4) is 0 Å². The van der Waals surface area contributed by atoms with Crippen molar-refractivity contribution in [1.29, 1.82) is 0 Å². The molecule has 4 aromatic rings. The van der Waals surface area contributed by atoms with Crippen LogP contribution in [0.2, 0.25) is 0 Å². The molecule has 0 aliphatic carbocycles. The Hall–Kier alpha value is -4.98. The number of aromatic nitrogens is 4.